The molecule has 0 spiro atoms. The summed E-state index contributed by atoms with van der Waals surface area (Å²) >= 11 is 0. The van der Waals surface area contributed by atoms with Gasteiger partial charge in [-0.25, -0.2) is 9.59 Å². The molecule has 13 heteroatoms. The summed E-state index contributed by atoms with van der Waals surface area (Å²) in [5.74, 6) is -5.39. The van der Waals surface area contributed by atoms with Crippen molar-refractivity contribution in [3.63, 3.8) is 0 Å². The molecule has 2 saturated heterocycles. The van der Waals surface area contributed by atoms with Crippen molar-refractivity contribution in [2.75, 3.05) is 13.1 Å². The predicted molar refractivity (Wildman–Crippen MR) is 142 cm³/mol. The lowest BCUT2D eigenvalue weighted by atomic mass is 9.77. The highest BCUT2D eigenvalue weighted by Gasteiger charge is 2.49. The fraction of sp³-hybridized carbons (Fsp3) is 0.643. The molecule has 6 unspecified atom stereocenters. The normalized spacial score (nSPS) is 29.7. The van der Waals surface area contributed by atoms with E-state index in [0.717, 1.165) is 12.8 Å². The van der Waals surface area contributed by atoms with Crippen LogP contribution in [-0.2, 0) is 31.0 Å². The van der Waals surface area contributed by atoms with E-state index in [1.807, 2.05) is 0 Å². The molecule has 222 valence electrons. The lowest BCUT2D eigenvalue weighted by Gasteiger charge is -2.36. The molecule has 2 aliphatic carbocycles. The first-order valence-electron chi connectivity index (χ1n) is 14.3. The van der Waals surface area contributed by atoms with Crippen molar-refractivity contribution >= 4 is 35.6 Å². The van der Waals surface area contributed by atoms with E-state index >= 15 is 0 Å². The van der Waals surface area contributed by atoms with Crippen LogP contribution >= 0.6 is 0 Å². The minimum Gasteiger partial charge on any atom is -0.480 e. The summed E-state index contributed by atoms with van der Waals surface area (Å²) in [4.78, 5) is 79.4. The van der Waals surface area contributed by atoms with Crippen LogP contribution in [0.3, 0.4) is 0 Å². The van der Waals surface area contributed by atoms with Crippen LogP contribution in [0.4, 0.5) is 0 Å². The Balaban J connectivity index is 1.29. The van der Waals surface area contributed by atoms with Crippen LogP contribution < -0.4 is 10.6 Å². The van der Waals surface area contributed by atoms with Crippen LogP contribution in [0.5, 0.6) is 0 Å². The van der Waals surface area contributed by atoms with Crippen LogP contribution in [0.2, 0.25) is 0 Å². The summed E-state index contributed by atoms with van der Waals surface area (Å²) < 4.78 is 1.64. The lowest BCUT2D eigenvalue weighted by Crippen LogP contribution is -2.51. The Kier molecular flexibility index (Phi) is 8.05. The van der Waals surface area contributed by atoms with E-state index in [1.165, 1.54) is 9.80 Å². The predicted octanol–water partition coefficient (Wildman–Crippen LogP) is 0.196. The van der Waals surface area contributed by atoms with Crippen molar-refractivity contribution in [3.8, 4) is 0 Å². The number of carbonyl (C=O) groups excluding carboxylic acids is 4. The number of nitrogens with one attached hydrogen (secondary N) is 2. The summed E-state index contributed by atoms with van der Waals surface area (Å²) in [6.07, 6.45) is 5.60. The Morgan fingerprint density at radius 1 is 0.780 bits per heavy atom. The number of aliphatic carboxylic acids is 2. The van der Waals surface area contributed by atoms with Gasteiger partial charge in [-0.3, -0.25) is 19.2 Å². The zero-order valence-electron chi connectivity index (χ0n) is 23.0. The summed E-state index contributed by atoms with van der Waals surface area (Å²) in [7, 11) is 1.72. The van der Waals surface area contributed by atoms with Gasteiger partial charge in [-0.05, 0) is 37.8 Å². The van der Waals surface area contributed by atoms with Crippen LogP contribution in [0.25, 0.3) is 0 Å². The van der Waals surface area contributed by atoms with Gasteiger partial charge < -0.3 is 35.2 Å². The van der Waals surface area contributed by atoms with Gasteiger partial charge in [-0.1, -0.05) is 12.8 Å². The number of carboxylic acids is 2. The van der Waals surface area contributed by atoms with Crippen molar-refractivity contribution in [1.29, 1.82) is 0 Å². The molecule has 4 fully saturated rings. The monoisotopic (exact) mass is 571 g/mol. The molecule has 0 aromatic carbocycles. The number of hydrogen-bond donors (Lipinski definition) is 4. The van der Waals surface area contributed by atoms with Gasteiger partial charge in [0.15, 0.2) is 0 Å². The van der Waals surface area contributed by atoms with Crippen LogP contribution in [0, 0.1) is 17.8 Å². The first-order valence-corrected chi connectivity index (χ1v) is 14.3. The number of carbonyl (C=O) groups is 6. The molecule has 1 aromatic heterocycles. The molecule has 13 nitrogen and oxygen atoms in total. The zero-order chi connectivity index (χ0) is 29.4. The highest BCUT2D eigenvalue weighted by Crippen LogP contribution is 2.37. The van der Waals surface area contributed by atoms with E-state index in [4.69, 9.17) is 0 Å². The van der Waals surface area contributed by atoms with E-state index in [2.05, 4.69) is 10.6 Å². The number of amides is 4. The molecule has 1 aromatic rings. The third kappa shape index (κ3) is 5.94. The Hall–Kier alpha value is -3.90. The van der Waals surface area contributed by atoms with Crippen molar-refractivity contribution < 1.29 is 39.0 Å². The van der Waals surface area contributed by atoms with Gasteiger partial charge in [0.25, 0.3) is 5.91 Å². The van der Waals surface area contributed by atoms with Gasteiger partial charge in [-0.15, -0.1) is 0 Å². The van der Waals surface area contributed by atoms with E-state index in [0.29, 0.717) is 31.4 Å². The Morgan fingerprint density at radius 3 is 1.73 bits per heavy atom. The number of aromatic nitrogens is 1. The minimum atomic E-state index is -1.19. The SMILES string of the molecule is Cn1cccc1C(=O)NC1CC(C(=O)O)N(C(=O)C2CCCCC2C(=O)N2CC(NC(=O)C3CC3)CC2C(=O)O)C1. The Morgan fingerprint density at radius 2 is 1.29 bits per heavy atom. The van der Waals surface area contributed by atoms with E-state index < -0.39 is 59.8 Å². The van der Waals surface area contributed by atoms with E-state index in [1.54, 1.807) is 29.9 Å². The molecule has 41 heavy (non-hydrogen) atoms. The van der Waals surface area contributed by atoms with E-state index in [-0.39, 0.29) is 43.7 Å². The second kappa shape index (κ2) is 11.5. The maximum Gasteiger partial charge on any atom is 0.326 e. The number of carboxylic acid groups (broad SMARTS) is 2. The second-order valence-electron chi connectivity index (χ2n) is 11.8. The van der Waals surface area contributed by atoms with Crippen LogP contribution in [0.15, 0.2) is 18.3 Å². The molecule has 0 radical (unpaired) electrons. The molecule has 6 atom stereocenters. The third-order valence-electron chi connectivity index (χ3n) is 8.94. The summed E-state index contributed by atoms with van der Waals surface area (Å²) in [5.41, 5.74) is 0.407. The molecule has 4 N–H and O–H groups in total. The van der Waals surface area contributed by atoms with Crippen LogP contribution in [-0.4, -0.2) is 97.4 Å². The molecule has 5 rings (SSSR count). The summed E-state index contributed by atoms with van der Waals surface area (Å²) in [6, 6.07) is 0.0449. The number of nitrogens with zero attached hydrogens (tertiary/aromatic N) is 3. The Bertz CT molecular complexity index is 1240. The highest BCUT2D eigenvalue weighted by atomic mass is 16.4. The topological polar surface area (TPSA) is 178 Å². The molecule has 3 heterocycles. The minimum absolute atomic E-state index is 0.000110. The van der Waals surface area contributed by atoms with E-state index in [9.17, 15) is 39.0 Å². The first kappa shape index (κ1) is 28.6. The second-order valence-corrected chi connectivity index (χ2v) is 11.8. The summed E-state index contributed by atoms with van der Waals surface area (Å²) in [5, 5.41) is 25.5. The number of hydrogen-bond acceptors (Lipinski definition) is 6. The standard InChI is InChI=1S/C28H37N5O8/c1-31-10-4-7-20(31)24(35)30-17-12-22(28(40)41)33(14-17)26(37)19-6-3-2-5-18(19)25(36)32-13-16(11-21(32)27(38)39)29-23(34)15-8-9-15/h4,7,10,15-19,21-22H,2-3,5-6,8-9,11-14H2,1H3,(H,29,34)(H,30,35)(H,38,39)(H,40,41). The molecular formula is C28H37N5O8. The molecular weight excluding hydrogens is 534 g/mol. The van der Waals surface area contributed by atoms with Crippen molar-refractivity contribution in [1.82, 2.24) is 25.0 Å². The van der Waals surface area contributed by atoms with Gasteiger partial charge >= 0.3 is 11.9 Å². The number of likely N-dealkylation sites (tertiary alicyclic amines) is 2. The molecule has 4 aliphatic rings. The first-order chi connectivity index (χ1) is 19.5. The van der Waals surface area contributed by atoms with Gasteiger partial charge in [0.2, 0.25) is 17.7 Å². The quantitative estimate of drug-likeness (QED) is 0.342. The smallest absolute Gasteiger partial charge is 0.326 e. The Labute approximate surface area is 237 Å². The molecule has 0 bridgehead atoms. The van der Waals surface area contributed by atoms with Gasteiger partial charge in [-0.2, -0.15) is 0 Å². The van der Waals surface area contributed by atoms with Crippen molar-refractivity contribution in [2.45, 2.75) is 75.5 Å². The third-order valence-corrected chi connectivity index (χ3v) is 8.94. The summed E-state index contributed by atoms with van der Waals surface area (Å²) in [6.45, 7) is 0.0561. The molecule has 4 amide bonds. The fourth-order valence-corrected chi connectivity index (χ4v) is 6.61. The number of aryl methyl sites for hydroxylation is 1. The average Bonchev–Trinajstić information content (AvgIpc) is 3.34. The molecule has 2 saturated carbocycles. The van der Waals surface area contributed by atoms with Crippen LogP contribution in [0.1, 0.15) is 61.9 Å². The zero-order valence-corrected chi connectivity index (χ0v) is 23.0. The van der Waals surface area contributed by atoms with Gasteiger partial charge in [0, 0.05) is 69.0 Å². The average molecular weight is 572 g/mol. The van der Waals surface area contributed by atoms with Crippen molar-refractivity contribution in [2.24, 2.45) is 24.8 Å². The number of rotatable bonds is 8. The van der Waals surface area contributed by atoms with Gasteiger partial charge in [0.1, 0.15) is 17.8 Å². The molecule has 2 aliphatic heterocycles. The largest absolute Gasteiger partial charge is 0.480 e. The lowest BCUT2D eigenvalue weighted by molar-refractivity contribution is -0.156. The maximum atomic E-state index is 13.9. The van der Waals surface area contributed by atoms with Crippen molar-refractivity contribution in [3.05, 3.63) is 24.0 Å². The van der Waals surface area contributed by atoms with Gasteiger partial charge in [0.05, 0.1) is 0 Å². The fourth-order valence-electron chi connectivity index (χ4n) is 6.61. The maximum absolute atomic E-state index is 13.9. The highest BCUT2D eigenvalue weighted by molar-refractivity contribution is 5.94.